The van der Waals surface area contributed by atoms with Crippen LogP contribution in [0.5, 0.6) is 0 Å². The van der Waals surface area contributed by atoms with E-state index in [0.717, 1.165) is 16.5 Å². The summed E-state index contributed by atoms with van der Waals surface area (Å²) in [5.41, 5.74) is 1.02. The van der Waals surface area contributed by atoms with Gasteiger partial charge in [0.05, 0.1) is 0 Å². The molecule has 5 heteroatoms. The zero-order valence-corrected chi connectivity index (χ0v) is 13.3. The van der Waals surface area contributed by atoms with Crippen LogP contribution in [0.1, 0.15) is 32.3 Å². The Labute approximate surface area is 127 Å². The fourth-order valence-electron chi connectivity index (χ4n) is 2.42. The number of carbonyl (C=O) groups excluding carboxylic acids is 2. The Morgan fingerprint density at radius 3 is 2.75 bits per heavy atom. The second-order valence-corrected chi connectivity index (χ2v) is 6.04. The predicted molar refractivity (Wildman–Crippen MR) is 81.0 cm³/mol. The second-order valence-electron chi connectivity index (χ2n) is 5.12. The maximum Gasteiger partial charge on any atom is 0.246 e. The molecule has 2 atom stereocenters. The molecule has 108 valence electrons. The molecule has 1 aliphatic heterocycles. The number of piperazine rings is 1. The zero-order valence-electron chi connectivity index (χ0n) is 11.7. The molecular formula is C15H19BrN2O2. The minimum Gasteiger partial charge on any atom is -0.343 e. The van der Waals surface area contributed by atoms with Crippen LogP contribution in [0.4, 0.5) is 0 Å². The van der Waals surface area contributed by atoms with Crippen LogP contribution in [-0.2, 0) is 16.1 Å². The minimum absolute atomic E-state index is 0.0129. The summed E-state index contributed by atoms with van der Waals surface area (Å²) in [6.07, 6.45) is 1.56. The summed E-state index contributed by atoms with van der Waals surface area (Å²) in [4.78, 5) is 26.1. The zero-order chi connectivity index (χ0) is 14.7. The van der Waals surface area contributed by atoms with E-state index in [1.807, 2.05) is 31.2 Å². The molecule has 1 saturated heterocycles. The second kappa shape index (κ2) is 6.39. The van der Waals surface area contributed by atoms with Crippen LogP contribution in [0, 0.1) is 0 Å². The van der Waals surface area contributed by atoms with Crippen molar-refractivity contribution in [2.45, 2.75) is 45.3 Å². The van der Waals surface area contributed by atoms with Crippen LogP contribution < -0.4 is 5.32 Å². The van der Waals surface area contributed by atoms with Crippen molar-refractivity contribution in [2.24, 2.45) is 0 Å². The van der Waals surface area contributed by atoms with Gasteiger partial charge in [0.25, 0.3) is 0 Å². The molecule has 0 bridgehead atoms. The number of amides is 2. The van der Waals surface area contributed by atoms with Gasteiger partial charge in [-0.3, -0.25) is 9.59 Å². The van der Waals surface area contributed by atoms with Crippen molar-refractivity contribution in [1.82, 2.24) is 10.2 Å². The van der Waals surface area contributed by atoms with E-state index in [-0.39, 0.29) is 17.9 Å². The predicted octanol–water partition coefficient (Wildman–Crippen LogP) is 2.46. The monoisotopic (exact) mass is 338 g/mol. The van der Waals surface area contributed by atoms with E-state index >= 15 is 0 Å². The van der Waals surface area contributed by atoms with Crippen LogP contribution >= 0.6 is 15.9 Å². The topological polar surface area (TPSA) is 49.4 Å². The van der Waals surface area contributed by atoms with Crippen molar-refractivity contribution in [3.05, 3.63) is 34.3 Å². The fourth-order valence-corrected chi connectivity index (χ4v) is 2.86. The average Bonchev–Trinajstić information content (AvgIpc) is 2.41. The number of carbonyl (C=O) groups is 2. The van der Waals surface area contributed by atoms with Crippen molar-refractivity contribution in [1.29, 1.82) is 0 Å². The standard InChI is InChI=1S/C15H19BrN2O2/c1-3-5-13-15(20)18(10(2)14(19)17-13)9-11-6-4-7-12(16)8-11/h4,6-8,10,13H,3,5,9H2,1-2H3,(H,17,19). The number of hydrogen-bond donors (Lipinski definition) is 1. The van der Waals surface area contributed by atoms with Gasteiger partial charge in [-0.2, -0.15) is 0 Å². The van der Waals surface area contributed by atoms with Crippen molar-refractivity contribution in [2.75, 3.05) is 0 Å². The third kappa shape index (κ3) is 3.20. The normalized spacial score (nSPS) is 22.9. The lowest BCUT2D eigenvalue weighted by molar-refractivity contribution is -0.149. The van der Waals surface area contributed by atoms with Gasteiger partial charge in [-0.25, -0.2) is 0 Å². The maximum absolute atomic E-state index is 12.5. The number of benzene rings is 1. The smallest absolute Gasteiger partial charge is 0.246 e. The molecule has 1 fully saturated rings. The van der Waals surface area contributed by atoms with Crippen molar-refractivity contribution in [3.63, 3.8) is 0 Å². The molecule has 0 aliphatic carbocycles. The summed E-state index contributed by atoms with van der Waals surface area (Å²) >= 11 is 3.42. The van der Waals surface area contributed by atoms with E-state index in [4.69, 9.17) is 0 Å². The van der Waals surface area contributed by atoms with Crippen molar-refractivity contribution < 1.29 is 9.59 Å². The van der Waals surface area contributed by atoms with Crippen molar-refractivity contribution in [3.8, 4) is 0 Å². The first-order valence-corrected chi connectivity index (χ1v) is 7.67. The molecular weight excluding hydrogens is 320 g/mol. The van der Waals surface area contributed by atoms with Gasteiger partial charge in [0, 0.05) is 11.0 Å². The van der Waals surface area contributed by atoms with Crippen LogP contribution in [-0.4, -0.2) is 28.8 Å². The van der Waals surface area contributed by atoms with Gasteiger partial charge in [-0.15, -0.1) is 0 Å². The number of hydrogen-bond acceptors (Lipinski definition) is 2. The Morgan fingerprint density at radius 1 is 1.35 bits per heavy atom. The summed E-state index contributed by atoms with van der Waals surface area (Å²) in [5, 5.41) is 2.80. The average molecular weight is 339 g/mol. The van der Waals surface area contributed by atoms with E-state index in [2.05, 4.69) is 21.2 Å². The highest BCUT2D eigenvalue weighted by atomic mass is 79.9. The van der Waals surface area contributed by atoms with Gasteiger partial charge in [0.2, 0.25) is 11.8 Å². The Hall–Kier alpha value is -1.36. The highest BCUT2D eigenvalue weighted by molar-refractivity contribution is 9.10. The molecule has 0 radical (unpaired) electrons. The molecule has 2 rings (SSSR count). The van der Waals surface area contributed by atoms with Crippen LogP contribution in [0.15, 0.2) is 28.7 Å². The molecule has 2 unspecified atom stereocenters. The Balaban J connectivity index is 2.18. The molecule has 1 aromatic carbocycles. The van der Waals surface area contributed by atoms with Gasteiger partial charge in [-0.1, -0.05) is 41.4 Å². The Kier molecular flexibility index (Phi) is 4.81. The van der Waals surface area contributed by atoms with Gasteiger partial charge in [-0.05, 0) is 31.0 Å². The van der Waals surface area contributed by atoms with Crippen LogP contribution in [0.3, 0.4) is 0 Å². The number of nitrogens with one attached hydrogen (secondary N) is 1. The number of halogens is 1. The van der Waals surface area contributed by atoms with Crippen molar-refractivity contribution >= 4 is 27.7 Å². The SMILES string of the molecule is CCCC1NC(=O)C(C)N(Cc2cccc(Br)c2)C1=O. The van der Waals surface area contributed by atoms with E-state index in [1.54, 1.807) is 11.8 Å². The molecule has 0 spiro atoms. The largest absolute Gasteiger partial charge is 0.343 e. The summed E-state index contributed by atoms with van der Waals surface area (Å²) in [6, 6.07) is 7.01. The number of rotatable bonds is 4. The quantitative estimate of drug-likeness (QED) is 0.916. The molecule has 0 saturated carbocycles. The van der Waals surface area contributed by atoms with E-state index in [0.29, 0.717) is 13.0 Å². The highest BCUT2D eigenvalue weighted by Gasteiger charge is 2.37. The van der Waals surface area contributed by atoms with Gasteiger partial charge < -0.3 is 10.2 Å². The summed E-state index contributed by atoms with van der Waals surface area (Å²) in [5.74, 6) is -0.0584. The molecule has 1 aliphatic rings. The maximum atomic E-state index is 12.5. The van der Waals surface area contributed by atoms with Gasteiger partial charge in [0.1, 0.15) is 12.1 Å². The summed E-state index contributed by atoms with van der Waals surface area (Å²) in [7, 11) is 0. The molecule has 2 amide bonds. The van der Waals surface area contributed by atoms with Crippen LogP contribution in [0.2, 0.25) is 0 Å². The fraction of sp³-hybridized carbons (Fsp3) is 0.467. The minimum atomic E-state index is -0.422. The third-order valence-electron chi connectivity index (χ3n) is 3.56. The first-order valence-electron chi connectivity index (χ1n) is 6.88. The number of nitrogens with zero attached hydrogens (tertiary/aromatic N) is 1. The molecule has 1 aromatic rings. The Bertz CT molecular complexity index is 518. The Morgan fingerprint density at radius 2 is 2.10 bits per heavy atom. The lowest BCUT2D eigenvalue weighted by Gasteiger charge is -2.37. The molecule has 4 nitrogen and oxygen atoms in total. The lowest BCUT2D eigenvalue weighted by atomic mass is 10.0. The highest BCUT2D eigenvalue weighted by Crippen LogP contribution is 2.19. The summed E-state index contributed by atoms with van der Waals surface area (Å²) < 4.78 is 0.974. The lowest BCUT2D eigenvalue weighted by Crippen LogP contribution is -2.61. The molecule has 1 N–H and O–H groups in total. The first kappa shape index (κ1) is 15.0. The molecule has 1 heterocycles. The van der Waals surface area contributed by atoms with E-state index < -0.39 is 6.04 Å². The third-order valence-corrected chi connectivity index (χ3v) is 4.06. The first-order chi connectivity index (χ1) is 9.52. The van der Waals surface area contributed by atoms with E-state index in [9.17, 15) is 9.59 Å². The van der Waals surface area contributed by atoms with Gasteiger partial charge in [0.15, 0.2) is 0 Å². The molecule has 0 aromatic heterocycles. The van der Waals surface area contributed by atoms with E-state index in [1.165, 1.54) is 0 Å². The van der Waals surface area contributed by atoms with Crippen LogP contribution in [0.25, 0.3) is 0 Å². The van der Waals surface area contributed by atoms with Gasteiger partial charge >= 0.3 is 0 Å². The molecule has 20 heavy (non-hydrogen) atoms. The summed E-state index contributed by atoms with van der Waals surface area (Å²) in [6.45, 7) is 4.25.